The molecular formula is C22H28N2O6S. The van der Waals surface area contributed by atoms with Crippen molar-refractivity contribution in [2.24, 2.45) is 5.92 Å². The first-order valence-electron chi connectivity index (χ1n) is 10.2. The summed E-state index contributed by atoms with van der Waals surface area (Å²) in [7, 11) is -2.32. The highest BCUT2D eigenvalue weighted by molar-refractivity contribution is 7.89. The third kappa shape index (κ3) is 5.06. The Bertz CT molecular complexity index is 1010. The fourth-order valence-corrected chi connectivity index (χ4v) is 5.97. The van der Waals surface area contributed by atoms with Gasteiger partial charge in [-0.15, -0.1) is 0 Å². The van der Waals surface area contributed by atoms with Crippen molar-refractivity contribution in [1.82, 2.24) is 4.31 Å². The minimum atomic E-state index is -3.90. The molecule has 0 radical (unpaired) electrons. The minimum absolute atomic E-state index is 0.00854. The molecular weight excluding hydrogens is 420 g/mol. The Hall–Kier alpha value is -2.49. The van der Waals surface area contributed by atoms with E-state index >= 15 is 0 Å². The van der Waals surface area contributed by atoms with Gasteiger partial charge >= 0.3 is 0 Å². The van der Waals surface area contributed by atoms with Crippen LogP contribution in [0, 0.1) is 16.0 Å². The maximum atomic E-state index is 13.5. The van der Waals surface area contributed by atoms with Crippen LogP contribution in [0.4, 0.5) is 5.69 Å². The van der Waals surface area contributed by atoms with Crippen LogP contribution in [-0.2, 0) is 16.4 Å². The Morgan fingerprint density at radius 2 is 1.77 bits per heavy atom. The molecule has 0 aromatic heterocycles. The van der Waals surface area contributed by atoms with Crippen molar-refractivity contribution in [2.45, 2.75) is 49.6 Å². The van der Waals surface area contributed by atoms with Crippen LogP contribution >= 0.6 is 0 Å². The summed E-state index contributed by atoms with van der Waals surface area (Å²) in [5.41, 5.74) is -0.298. The summed E-state index contributed by atoms with van der Waals surface area (Å²) in [5, 5.41) is 21.7. The van der Waals surface area contributed by atoms with Gasteiger partial charge in [-0.1, -0.05) is 12.1 Å². The van der Waals surface area contributed by atoms with Crippen molar-refractivity contribution in [3.63, 3.8) is 0 Å². The van der Waals surface area contributed by atoms with Gasteiger partial charge in [0.2, 0.25) is 10.0 Å². The van der Waals surface area contributed by atoms with Gasteiger partial charge in [-0.25, -0.2) is 8.42 Å². The van der Waals surface area contributed by atoms with Gasteiger partial charge in [0.1, 0.15) is 5.75 Å². The van der Waals surface area contributed by atoms with Gasteiger partial charge in [0.25, 0.3) is 5.69 Å². The number of hydrogen-bond donors (Lipinski definition) is 1. The van der Waals surface area contributed by atoms with Crippen LogP contribution < -0.4 is 4.74 Å². The van der Waals surface area contributed by atoms with E-state index in [-0.39, 0.29) is 16.5 Å². The van der Waals surface area contributed by atoms with E-state index in [4.69, 9.17) is 4.74 Å². The second-order valence-electron chi connectivity index (χ2n) is 8.39. The number of benzene rings is 2. The van der Waals surface area contributed by atoms with Crippen molar-refractivity contribution in [3.05, 3.63) is 64.2 Å². The summed E-state index contributed by atoms with van der Waals surface area (Å²) in [6, 6.07) is 11.9. The summed E-state index contributed by atoms with van der Waals surface area (Å²) in [4.78, 5) is 10.4. The van der Waals surface area contributed by atoms with Crippen LogP contribution in [0.3, 0.4) is 0 Å². The van der Waals surface area contributed by atoms with Gasteiger partial charge in [0.15, 0.2) is 0 Å². The molecule has 0 bridgehead atoms. The highest BCUT2D eigenvalue weighted by Crippen LogP contribution is 2.37. The van der Waals surface area contributed by atoms with E-state index in [1.807, 2.05) is 24.3 Å². The smallest absolute Gasteiger partial charge is 0.269 e. The highest BCUT2D eigenvalue weighted by Gasteiger charge is 2.44. The van der Waals surface area contributed by atoms with Crippen molar-refractivity contribution >= 4 is 15.7 Å². The Labute approximate surface area is 182 Å². The molecule has 2 aromatic rings. The van der Waals surface area contributed by atoms with Gasteiger partial charge in [-0.2, -0.15) is 4.31 Å². The van der Waals surface area contributed by atoms with Crippen molar-refractivity contribution in [1.29, 1.82) is 0 Å². The number of hydrogen-bond acceptors (Lipinski definition) is 6. The Kier molecular flexibility index (Phi) is 6.68. The number of non-ortho nitro benzene ring substituents is 1. The third-order valence-electron chi connectivity index (χ3n) is 5.89. The molecule has 31 heavy (non-hydrogen) atoms. The average molecular weight is 449 g/mol. The fraction of sp³-hybridized carbons (Fsp3) is 0.455. The van der Waals surface area contributed by atoms with Crippen LogP contribution in [0.25, 0.3) is 0 Å². The number of aliphatic hydroxyl groups is 1. The number of methoxy groups -OCH3 is 1. The molecule has 1 aliphatic rings. The quantitative estimate of drug-likeness (QED) is 0.514. The summed E-state index contributed by atoms with van der Waals surface area (Å²) in [6.45, 7) is 3.74. The summed E-state index contributed by atoms with van der Waals surface area (Å²) in [6.07, 6.45) is 1.77. The number of ether oxygens (including phenoxy) is 1. The zero-order valence-corrected chi connectivity index (χ0v) is 18.7. The lowest BCUT2D eigenvalue weighted by Crippen LogP contribution is -2.55. The third-order valence-corrected chi connectivity index (χ3v) is 7.83. The maximum absolute atomic E-state index is 13.5. The topological polar surface area (TPSA) is 110 Å². The van der Waals surface area contributed by atoms with Gasteiger partial charge in [-0.05, 0) is 62.9 Å². The molecule has 2 aromatic carbocycles. The summed E-state index contributed by atoms with van der Waals surface area (Å²) >= 11 is 0. The van der Waals surface area contributed by atoms with E-state index in [0.717, 1.165) is 5.56 Å². The summed E-state index contributed by atoms with van der Waals surface area (Å²) in [5.74, 6) is 0.443. The van der Waals surface area contributed by atoms with Gasteiger partial charge in [0, 0.05) is 30.6 Å². The molecule has 168 valence electrons. The SMILES string of the molecule is COc1ccc(CC2C(C(C)(C)O)CCCN2S(=O)(=O)c2ccc([N+](=O)[O-])cc2)cc1. The molecule has 1 aliphatic heterocycles. The van der Waals surface area contributed by atoms with Gasteiger partial charge < -0.3 is 9.84 Å². The second-order valence-corrected chi connectivity index (χ2v) is 10.3. The molecule has 1 N–H and O–H groups in total. The Morgan fingerprint density at radius 3 is 2.29 bits per heavy atom. The number of nitrogens with zero attached hydrogens (tertiary/aromatic N) is 2. The van der Waals surface area contributed by atoms with E-state index in [1.165, 1.54) is 28.6 Å². The highest BCUT2D eigenvalue weighted by atomic mass is 32.2. The number of nitro benzene ring substituents is 1. The molecule has 9 heteroatoms. The van der Waals surface area contributed by atoms with Gasteiger partial charge in [-0.3, -0.25) is 10.1 Å². The molecule has 1 fully saturated rings. The number of nitro groups is 1. The molecule has 1 heterocycles. The standard InChI is InChI=1S/C22H28N2O6S/c1-22(2,25)20-5-4-14-23(21(20)15-16-6-10-18(30-3)11-7-16)31(28,29)19-12-8-17(9-13-19)24(26)27/h6-13,20-21,25H,4-5,14-15H2,1-3H3. The molecule has 0 aliphatic carbocycles. The zero-order valence-electron chi connectivity index (χ0n) is 17.9. The van der Waals surface area contributed by atoms with Gasteiger partial charge in [0.05, 0.1) is 22.5 Å². The second kappa shape index (κ2) is 8.94. The number of piperidine rings is 1. The normalized spacial score (nSPS) is 20.4. The van der Waals surface area contributed by atoms with Crippen molar-refractivity contribution in [3.8, 4) is 5.75 Å². The lowest BCUT2D eigenvalue weighted by atomic mass is 9.77. The van der Waals surface area contributed by atoms with Crippen LogP contribution in [0.5, 0.6) is 5.75 Å². The monoisotopic (exact) mass is 448 g/mol. The molecule has 0 saturated carbocycles. The zero-order chi connectivity index (χ0) is 22.8. The molecule has 1 saturated heterocycles. The van der Waals surface area contributed by atoms with Crippen LogP contribution in [0.1, 0.15) is 32.3 Å². The average Bonchev–Trinajstić information content (AvgIpc) is 2.73. The van der Waals surface area contributed by atoms with E-state index in [2.05, 4.69) is 0 Å². The molecule has 3 rings (SSSR count). The minimum Gasteiger partial charge on any atom is -0.497 e. The van der Waals surface area contributed by atoms with E-state index in [1.54, 1.807) is 21.0 Å². The first-order chi connectivity index (χ1) is 14.5. The molecule has 0 amide bonds. The van der Waals surface area contributed by atoms with E-state index < -0.39 is 26.6 Å². The molecule has 2 atom stereocenters. The van der Waals surface area contributed by atoms with E-state index in [0.29, 0.717) is 31.6 Å². The predicted molar refractivity (Wildman–Crippen MR) is 116 cm³/mol. The number of rotatable bonds is 7. The summed E-state index contributed by atoms with van der Waals surface area (Å²) < 4.78 is 33.6. The van der Waals surface area contributed by atoms with Crippen molar-refractivity contribution in [2.75, 3.05) is 13.7 Å². The molecule has 0 spiro atoms. The molecule has 8 nitrogen and oxygen atoms in total. The first-order valence-corrected chi connectivity index (χ1v) is 11.6. The Balaban J connectivity index is 1.98. The molecule has 2 unspecified atom stereocenters. The largest absolute Gasteiger partial charge is 0.497 e. The van der Waals surface area contributed by atoms with Crippen LogP contribution in [0.2, 0.25) is 0 Å². The predicted octanol–water partition coefficient (Wildman–Crippen LogP) is 3.39. The van der Waals surface area contributed by atoms with E-state index in [9.17, 15) is 23.6 Å². The number of sulfonamides is 1. The fourth-order valence-electron chi connectivity index (χ4n) is 4.27. The maximum Gasteiger partial charge on any atom is 0.269 e. The lowest BCUT2D eigenvalue weighted by Gasteiger charge is -2.45. The van der Waals surface area contributed by atoms with Crippen molar-refractivity contribution < 1.29 is 23.2 Å². The Morgan fingerprint density at radius 1 is 1.16 bits per heavy atom. The lowest BCUT2D eigenvalue weighted by molar-refractivity contribution is -0.384. The van der Waals surface area contributed by atoms with Crippen LogP contribution in [-0.4, -0.2) is 48.1 Å². The first kappa shape index (κ1) is 23.2. The van der Waals surface area contributed by atoms with Crippen LogP contribution in [0.15, 0.2) is 53.4 Å².